The zero-order valence-corrected chi connectivity index (χ0v) is 7.48. The molecule has 78 valence electrons. The van der Waals surface area contributed by atoms with Gasteiger partial charge in [-0.25, -0.2) is 0 Å². The smallest absolute Gasteiger partial charge is 0.391 e. The quantitative estimate of drug-likeness (QED) is 0.735. The summed E-state index contributed by atoms with van der Waals surface area (Å²) in [4.78, 5) is 0. The number of hydrogen-bond acceptors (Lipinski definition) is 1. The molecule has 1 saturated carbocycles. The van der Waals surface area contributed by atoms with E-state index in [0.29, 0.717) is 12.3 Å². The van der Waals surface area contributed by atoms with Crippen molar-refractivity contribution in [3.63, 3.8) is 0 Å². The third-order valence-electron chi connectivity index (χ3n) is 2.55. The van der Waals surface area contributed by atoms with Crippen molar-refractivity contribution in [2.45, 2.75) is 50.8 Å². The van der Waals surface area contributed by atoms with Gasteiger partial charge in [0, 0.05) is 0 Å². The van der Waals surface area contributed by atoms with Gasteiger partial charge in [0.25, 0.3) is 0 Å². The van der Waals surface area contributed by atoms with Crippen molar-refractivity contribution >= 4 is 0 Å². The predicted molar refractivity (Wildman–Crippen MR) is 43.3 cm³/mol. The number of rotatable bonds is 3. The number of aliphatic hydroxyl groups is 1. The Morgan fingerprint density at radius 2 is 1.77 bits per heavy atom. The van der Waals surface area contributed by atoms with Crippen LogP contribution >= 0.6 is 0 Å². The summed E-state index contributed by atoms with van der Waals surface area (Å²) in [5.41, 5.74) is 0. The lowest BCUT2D eigenvalue weighted by atomic mass is 9.98. The van der Waals surface area contributed by atoms with Crippen LogP contribution in [-0.4, -0.2) is 17.4 Å². The van der Waals surface area contributed by atoms with Gasteiger partial charge in [-0.1, -0.05) is 25.7 Å². The highest BCUT2D eigenvalue weighted by Gasteiger charge is 2.32. The van der Waals surface area contributed by atoms with Crippen LogP contribution in [-0.2, 0) is 0 Å². The van der Waals surface area contributed by atoms with Gasteiger partial charge in [-0.2, -0.15) is 13.2 Å². The first-order valence-electron chi connectivity index (χ1n) is 4.72. The van der Waals surface area contributed by atoms with Gasteiger partial charge in [0.05, 0.1) is 12.5 Å². The van der Waals surface area contributed by atoms with E-state index >= 15 is 0 Å². The first-order valence-corrected chi connectivity index (χ1v) is 4.72. The molecule has 1 N–H and O–H groups in total. The lowest BCUT2D eigenvalue weighted by molar-refractivity contribution is -0.155. The summed E-state index contributed by atoms with van der Waals surface area (Å²) in [5.74, 6) is 0.317. The van der Waals surface area contributed by atoms with E-state index in [1.807, 2.05) is 0 Å². The van der Waals surface area contributed by atoms with Crippen molar-refractivity contribution in [1.29, 1.82) is 0 Å². The highest BCUT2D eigenvalue weighted by atomic mass is 19.4. The molecule has 1 nitrogen and oxygen atoms in total. The SMILES string of the molecule is OC(CC1CCCC1)CC(F)(F)F. The summed E-state index contributed by atoms with van der Waals surface area (Å²) < 4.78 is 35.5. The maximum atomic E-state index is 11.8. The predicted octanol–water partition coefficient (Wildman–Crippen LogP) is 2.88. The summed E-state index contributed by atoms with van der Waals surface area (Å²) in [6, 6.07) is 0. The highest BCUT2D eigenvalue weighted by molar-refractivity contribution is 4.72. The first kappa shape index (κ1) is 10.8. The van der Waals surface area contributed by atoms with Crippen LogP contribution in [0.2, 0.25) is 0 Å². The van der Waals surface area contributed by atoms with Gasteiger partial charge in [-0.3, -0.25) is 0 Å². The Morgan fingerprint density at radius 3 is 2.23 bits per heavy atom. The molecule has 0 aromatic heterocycles. The summed E-state index contributed by atoms with van der Waals surface area (Å²) >= 11 is 0. The van der Waals surface area contributed by atoms with E-state index in [2.05, 4.69) is 0 Å². The Hall–Kier alpha value is -0.250. The summed E-state index contributed by atoms with van der Waals surface area (Å²) in [7, 11) is 0. The monoisotopic (exact) mass is 196 g/mol. The van der Waals surface area contributed by atoms with Gasteiger partial charge < -0.3 is 5.11 Å². The maximum absolute atomic E-state index is 11.8. The average Bonchev–Trinajstić information content (AvgIpc) is 2.34. The van der Waals surface area contributed by atoms with Gasteiger partial charge in [0.2, 0.25) is 0 Å². The second kappa shape index (κ2) is 4.31. The van der Waals surface area contributed by atoms with E-state index in [1.54, 1.807) is 0 Å². The Morgan fingerprint density at radius 1 is 1.23 bits per heavy atom. The van der Waals surface area contributed by atoms with Gasteiger partial charge in [0.15, 0.2) is 0 Å². The lowest BCUT2D eigenvalue weighted by Crippen LogP contribution is -2.21. The Kier molecular flexibility index (Phi) is 3.59. The molecule has 1 unspecified atom stereocenters. The van der Waals surface area contributed by atoms with E-state index in [4.69, 9.17) is 5.11 Å². The molecule has 1 aliphatic carbocycles. The van der Waals surface area contributed by atoms with Gasteiger partial charge >= 0.3 is 6.18 Å². The van der Waals surface area contributed by atoms with Crippen LogP contribution < -0.4 is 0 Å². The molecule has 0 aromatic carbocycles. The standard InChI is InChI=1S/C9H15F3O/c10-9(11,12)6-8(13)5-7-3-1-2-4-7/h7-8,13H,1-6H2. The van der Waals surface area contributed by atoms with Gasteiger partial charge in [-0.15, -0.1) is 0 Å². The van der Waals surface area contributed by atoms with E-state index < -0.39 is 18.7 Å². The van der Waals surface area contributed by atoms with E-state index in [9.17, 15) is 13.2 Å². The molecule has 0 aromatic rings. The molecule has 0 aliphatic heterocycles. The van der Waals surface area contributed by atoms with Crippen molar-refractivity contribution in [1.82, 2.24) is 0 Å². The van der Waals surface area contributed by atoms with Crippen LogP contribution in [0.5, 0.6) is 0 Å². The Bertz CT molecular complexity index is 149. The molecule has 4 heteroatoms. The largest absolute Gasteiger partial charge is 0.393 e. The average molecular weight is 196 g/mol. The summed E-state index contributed by atoms with van der Waals surface area (Å²) in [5, 5.41) is 9.13. The first-order chi connectivity index (χ1) is 5.97. The van der Waals surface area contributed by atoms with Crippen LogP contribution in [0.4, 0.5) is 13.2 Å². The third kappa shape index (κ3) is 4.50. The van der Waals surface area contributed by atoms with Crippen LogP contribution in [0.3, 0.4) is 0 Å². The Labute approximate surface area is 75.9 Å². The van der Waals surface area contributed by atoms with Gasteiger partial charge in [-0.05, 0) is 12.3 Å². The molecule has 0 radical (unpaired) electrons. The molecule has 0 spiro atoms. The molecule has 1 fully saturated rings. The fourth-order valence-corrected chi connectivity index (χ4v) is 1.98. The molecule has 1 rings (SSSR count). The minimum atomic E-state index is -4.22. The molecule has 13 heavy (non-hydrogen) atoms. The van der Waals surface area contributed by atoms with Crippen molar-refractivity contribution in [3.8, 4) is 0 Å². The van der Waals surface area contributed by atoms with E-state index in [0.717, 1.165) is 25.7 Å². The van der Waals surface area contributed by atoms with Gasteiger partial charge in [0.1, 0.15) is 0 Å². The van der Waals surface area contributed by atoms with Crippen LogP contribution in [0.1, 0.15) is 38.5 Å². The molecule has 0 heterocycles. The fraction of sp³-hybridized carbons (Fsp3) is 1.00. The zero-order chi connectivity index (χ0) is 9.90. The molecule has 0 bridgehead atoms. The maximum Gasteiger partial charge on any atom is 0.391 e. The minimum Gasteiger partial charge on any atom is -0.393 e. The van der Waals surface area contributed by atoms with Crippen LogP contribution in [0, 0.1) is 5.92 Å². The summed E-state index contributed by atoms with van der Waals surface area (Å²) in [6.45, 7) is 0. The molecule has 0 amide bonds. The van der Waals surface area contributed by atoms with Crippen molar-refractivity contribution in [2.24, 2.45) is 5.92 Å². The molecular formula is C9H15F3O. The molecular weight excluding hydrogens is 181 g/mol. The van der Waals surface area contributed by atoms with E-state index in [-0.39, 0.29) is 0 Å². The fourth-order valence-electron chi connectivity index (χ4n) is 1.98. The second-order valence-corrected chi connectivity index (χ2v) is 3.86. The highest BCUT2D eigenvalue weighted by Crippen LogP contribution is 2.31. The van der Waals surface area contributed by atoms with Crippen molar-refractivity contribution < 1.29 is 18.3 Å². The lowest BCUT2D eigenvalue weighted by Gasteiger charge is -2.16. The topological polar surface area (TPSA) is 20.2 Å². The second-order valence-electron chi connectivity index (χ2n) is 3.86. The number of hydrogen-bond donors (Lipinski definition) is 1. The summed E-state index contributed by atoms with van der Waals surface area (Å²) in [6.07, 6.45) is -1.99. The molecule has 0 saturated heterocycles. The minimum absolute atomic E-state index is 0.317. The van der Waals surface area contributed by atoms with Crippen molar-refractivity contribution in [2.75, 3.05) is 0 Å². The molecule has 1 aliphatic rings. The zero-order valence-electron chi connectivity index (χ0n) is 7.48. The number of alkyl halides is 3. The van der Waals surface area contributed by atoms with Crippen molar-refractivity contribution in [3.05, 3.63) is 0 Å². The Balaban J connectivity index is 2.20. The normalized spacial score (nSPS) is 22.2. The van der Waals surface area contributed by atoms with E-state index in [1.165, 1.54) is 0 Å². The molecule has 1 atom stereocenters. The van der Waals surface area contributed by atoms with Crippen LogP contribution in [0.25, 0.3) is 0 Å². The number of halogens is 3. The third-order valence-corrected chi connectivity index (χ3v) is 2.55. The number of aliphatic hydroxyl groups excluding tert-OH is 1. The van der Waals surface area contributed by atoms with Crippen LogP contribution in [0.15, 0.2) is 0 Å².